The maximum absolute atomic E-state index is 5.74. The number of hydrogen-bond acceptors (Lipinski definition) is 4. The quantitative estimate of drug-likeness (QED) is 0.780. The van der Waals surface area contributed by atoms with Crippen molar-refractivity contribution in [2.75, 3.05) is 24.3 Å². The summed E-state index contributed by atoms with van der Waals surface area (Å²) in [6, 6.07) is 0. The number of aromatic nitrogens is 2. The number of nitrogens with one attached hydrogen (secondary N) is 1. The zero-order chi connectivity index (χ0) is 12.0. The van der Waals surface area contributed by atoms with Gasteiger partial charge in [0.15, 0.2) is 0 Å². The van der Waals surface area contributed by atoms with E-state index in [1.807, 2.05) is 13.8 Å². The summed E-state index contributed by atoms with van der Waals surface area (Å²) in [6.45, 7) is 7.37. The molecule has 0 saturated heterocycles. The van der Waals surface area contributed by atoms with E-state index in [0.29, 0.717) is 24.3 Å². The van der Waals surface area contributed by atoms with Crippen LogP contribution in [0.2, 0.25) is 0 Å². The van der Waals surface area contributed by atoms with Crippen LogP contribution in [0.15, 0.2) is 6.33 Å². The van der Waals surface area contributed by atoms with Gasteiger partial charge in [0.25, 0.3) is 0 Å². The normalized spacial score (nSPS) is 12.2. The van der Waals surface area contributed by atoms with Crippen LogP contribution in [-0.4, -0.2) is 29.0 Å². The second-order valence-corrected chi connectivity index (χ2v) is 4.03. The molecule has 1 rings (SSSR count). The smallest absolute Gasteiger partial charge is 0.221 e. The van der Waals surface area contributed by atoms with Gasteiger partial charge >= 0.3 is 0 Å². The van der Waals surface area contributed by atoms with Gasteiger partial charge in [-0.25, -0.2) is 9.97 Å². The van der Waals surface area contributed by atoms with Gasteiger partial charge in [-0.3, -0.25) is 0 Å². The minimum absolute atomic E-state index is 0.409. The molecule has 0 aromatic carbocycles. The average molecular weight is 244 g/mol. The first kappa shape index (κ1) is 13.0. The van der Waals surface area contributed by atoms with Gasteiger partial charge in [0.05, 0.1) is 12.2 Å². The van der Waals surface area contributed by atoms with Gasteiger partial charge in [-0.15, -0.1) is 11.6 Å². The van der Waals surface area contributed by atoms with Crippen molar-refractivity contribution in [3.05, 3.63) is 11.9 Å². The summed E-state index contributed by atoms with van der Waals surface area (Å²) in [4.78, 5) is 8.26. The van der Waals surface area contributed by atoms with Gasteiger partial charge in [0.2, 0.25) is 5.88 Å². The van der Waals surface area contributed by atoms with Crippen LogP contribution in [-0.2, 0) is 0 Å². The fraction of sp³-hybridized carbons (Fsp3) is 0.636. The topological polar surface area (TPSA) is 47.0 Å². The molecule has 0 aliphatic heterocycles. The van der Waals surface area contributed by atoms with Crippen LogP contribution in [0.1, 0.15) is 19.4 Å². The highest BCUT2D eigenvalue weighted by molar-refractivity contribution is 6.18. The molecule has 1 atom stereocenters. The van der Waals surface area contributed by atoms with Crippen molar-refractivity contribution in [1.82, 2.24) is 9.97 Å². The predicted octanol–water partition coefficient (Wildman–Crippen LogP) is 2.47. The molecule has 0 bridgehead atoms. The molecule has 5 heteroatoms. The Labute approximate surface area is 101 Å². The molecule has 4 nitrogen and oxygen atoms in total. The minimum Gasteiger partial charge on any atom is -0.478 e. The summed E-state index contributed by atoms with van der Waals surface area (Å²) in [7, 11) is 0. The van der Waals surface area contributed by atoms with Gasteiger partial charge in [-0.05, 0) is 19.8 Å². The Balaban J connectivity index is 2.69. The van der Waals surface area contributed by atoms with E-state index in [1.54, 1.807) is 0 Å². The van der Waals surface area contributed by atoms with Crippen molar-refractivity contribution in [2.45, 2.75) is 20.8 Å². The summed E-state index contributed by atoms with van der Waals surface area (Å²) in [5, 5.41) is 3.25. The molecule has 0 radical (unpaired) electrons. The van der Waals surface area contributed by atoms with E-state index in [-0.39, 0.29) is 0 Å². The molecule has 0 fully saturated rings. The van der Waals surface area contributed by atoms with E-state index < -0.39 is 0 Å². The highest BCUT2D eigenvalue weighted by Crippen LogP contribution is 2.20. The molecule has 90 valence electrons. The van der Waals surface area contributed by atoms with Crippen molar-refractivity contribution >= 4 is 17.4 Å². The monoisotopic (exact) mass is 243 g/mol. The van der Waals surface area contributed by atoms with Crippen LogP contribution in [0.25, 0.3) is 0 Å². The van der Waals surface area contributed by atoms with Crippen molar-refractivity contribution in [2.24, 2.45) is 5.92 Å². The molecule has 1 aromatic heterocycles. The van der Waals surface area contributed by atoms with Crippen molar-refractivity contribution in [1.29, 1.82) is 0 Å². The van der Waals surface area contributed by atoms with Crippen molar-refractivity contribution < 1.29 is 4.74 Å². The molecule has 0 aliphatic rings. The Kier molecular flexibility index (Phi) is 5.32. The molecule has 1 N–H and O–H groups in total. The van der Waals surface area contributed by atoms with E-state index in [2.05, 4.69) is 22.2 Å². The fourth-order valence-electron chi connectivity index (χ4n) is 1.22. The highest BCUT2D eigenvalue weighted by atomic mass is 35.5. The number of hydrogen-bond donors (Lipinski definition) is 1. The third kappa shape index (κ3) is 3.52. The lowest BCUT2D eigenvalue weighted by atomic mass is 10.2. The summed E-state index contributed by atoms with van der Waals surface area (Å²) in [5.74, 6) is 2.50. The van der Waals surface area contributed by atoms with Crippen LogP contribution in [0.4, 0.5) is 5.82 Å². The van der Waals surface area contributed by atoms with Gasteiger partial charge in [0.1, 0.15) is 12.1 Å². The van der Waals surface area contributed by atoms with Crippen LogP contribution in [0, 0.1) is 12.8 Å². The largest absolute Gasteiger partial charge is 0.478 e. The average Bonchev–Trinajstić information content (AvgIpc) is 2.30. The number of rotatable bonds is 6. The Bertz CT molecular complexity index is 333. The number of ether oxygens (including phenoxy) is 1. The van der Waals surface area contributed by atoms with Gasteiger partial charge in [-0.1, -0.05) is 6.92 Å². The maximum atomic E-state index is 5.74. The van der Waals surface area contributed by atoms with Crippen LogP contribution in [0.3, 0.4) is 0 Å². The fourth-order valence-corrected chi connectivity index (χ4v) is 1.33. The first-order valence-electron chi connectivity index (χ1n) is 5.43. The molecule has 1 unspecified atom stereocenters. The Morgan fingerprint density at radius 3 is 2.88 bits per heavy atom. The van der Waals surface area contributed by atoms with Gasteiger partial charge in [-0.2, -0.15) is 0 Å². The lowest BCUT2D eigenvalue weighted by Crippen LogP contribution is -2.14. The molecule has 16 heavy (non-hydrogen) atoms. The lowest BCUT2D eigenvalue weighted by molar-refractivity contribution is 0.324. The Morgan fingerprint density at radius 1 is 1.50 bits per heavy atom. The standard InChI is InChI=1S/C11H18ClN3O/c1-4-16-11-9(3)10(14-7-15-11)13-6-8(2)5-12/h7-8H,4-6H2,1-3H3,(H,13,14,15). The van der Waals surface area contributed by atoms with Crippen molar-refractivity contribution in [3.8, 4) is 5.88 Å². The summed E-state index contributed by atoms with van der Waals surface area (Å²) < 4.78 is 5.39. The Hall–Kier alpha value is -1.03. The Morgan fingerprint density at radius 2 is 2.25 bits per heavy atom. The van der Waals surface area contributed by atoms with Crippen LogP contribution < -0.4 is 10.1 Å². The SMILES string of the molecule is CCOc1ncnc(NCC(C)CCl)c1C. The third-order valence-electron chi connectivity index (χ3n) is 2.20. The van der Waals surface area contributed by atoms with Gasteiger partial charge < -0.3 is 10.1 Å². The predicted molar refractivity (Wildman–Crippen MR) is 66.3 cm³/mol. The zero-order valence-corrected chi connectivity index (χ0v) is 10.7. The van der Waals surface area contributed by atoms with E-state index >= 15 is 0 Å². The molecule has 0 spiro atoms. The molecule has 0 amide bonds. The second kappa shape index (κ2) is 6.53. The summed E-state index contributed by atoms with van der Waals surface area (Å²) in [6.07, 6.45) is 1.51. The van der Waals surface area contributed by atoms with Crippen LogP contribution >= 0.6 is 11.6 Å². The molecule has 0 saturated carbocycles. The van der Waals surface area contributed by atoms with E-state index in [9.17, 15) is 0 Å². The first-order chi connectivity index (χ1) is 7.69. The van der Waals surface area contributed by atoms with E-state index in [4.69, 9.17) is 16.3 Å². The molecule has 1 heterocycles. The van der Waals surface area contributed by atoms with Gasteiger partial charge in [0, 0.05) is 12.4 Å². The van der Waals surface area contributed by atoms with E-state index in [0.717, 1.165) is 17.9 Å². The number of nitrogens with zero attached hydrogens (tertiary/aromatic N) is 2. The van der Waals surface area contributed by atoms with Crippen molar-refractivity contribution in [3.63, 3.8) is 0 Å². The summed E-state index contributed by atoms with van der Waals surface area (Å²) >= 11 is 5.74. The molecule has 0 aliphatic carbocycles. The number of anilines is 1. The highest BCUT2D eigenvalue weighted by Gasteiger charge is 2.08. The second-order valence-electron chi connectivity index (χ2n) is 3.73. The minimum atomic E-state index is 0.409. The van der Waals surface area contributed by atoms with Crippen LogP contribution in [0.5, 0.6) is 5.88 Å². The zero-order valence-electron chi connectivity index (χ0n) is 9.96. The molecular weight excluding hydrogens is 226 g/mol. The van der Waals surface area contributed by atoms with E-state index in [1.165, 1.54) is 6.33 Å². The summed E-state index contributed by atoms with van der Waals surface area (Å²) in [5.41, 5.74) is 0.936. The molecule has 1 aromatic rings. The maximum Gasteiger partial charge on any atom is 0.221 e. The first-order valence-corrected chi connectivity index (χ1v) is 5.96. The number of alkyl halides is 1. The molecular formula is C11H18ClN3O. The number of halogens is 1. The lowest BCUT2D eigenvalue weighted by Gasteiger charge is -2.13. The third-order valence-corrected chi connectivity index (χ3v) is 2.73.